The molecule has 0 aromatic heterocycles. The lowest BCUT2D eigenvalue weighted by Gasteiger charge is -2.26. The van der Waals surface area contributed by atoms with Crippen molar-refractivity contribution in [2.24, 2.45) is 0 Å². The lowest BCUT2D eigenvalue weighted by Crippen LogP contribution is -2.33. The summed E-state index contributed by atoms with van der Waals surface area (Å²) in [6.07, 6.45) is 0.427. The number of anilines is 2. The van der Waals surface area contributed by atoms with Crippen LogP contribution in [0.1, 0.15) is 16.8 Å². The number of carbonyl (C=O) groups excluding carboxylic acids is 1. The Bertz CT molecular complexity index is 675. The standard InChI is InChI=1S/C13H17FN2O4S/c1-16(8-3-4-21(18,19)7-8)12-5-9(13(17)20-2)11(15)6-10(12)14/h5-6,8H,3-4,7,15H2,1-2H3. The van der Waals surface area contributed by atoms with Crippen molar-refractivity contribution in [3.8, 4) is 0 Å². The van der Waals surface area contributed by atoms with Gasteiger partial charge in [-0.2, -0.15) is 0 Å². The van der Waals surface area contributed by atoms with Crippen molar-refractivity contribution in [2.45, 2.75) is 12.5 Å². The quantitative estimate of drug-likeness (QED) is 0.656. The van der Waals surface area contributed by atoms with Crippen molar-refractivity contribution < 1.29 is 22.3 Å². The van der Waals surface area contributed by atoms with Crippen LogP contribution in [0.25, 0.3) is 0 Å². The van der Waals surface area contributed by atoms with E-state index in [0.29, 0.717) is 6.42 Å². The lowest BCUT2D eigenvalue weighted by atomic mass is 10.1. The number of benzene rings is 1. The van der Waals surface area contributed by atoms with Gasteiger partial charge in [-0.25, -0.2) is 17.6 Å². The molecule has 116 valence electrons. The SMILES string of the molecule is COC(=O)c1cc(N(C)C2CCS(=O)(=O)C2)c(F)cc1N. The van der Waals surface area contributed by atoms with Crippen LogP contribution >= 0.6 is 0 Å². The molecule has 8 heteroatoms. The zero-order valence-electron chi connectivity index (χ0n) is 11.8. The van der Waals surface area contributed by atoms with Crippen LogP contribution in [-0.2, 0) is 14.6 Å². The van der Waals surface area contributed by atoms with Gasteiger partial charge in [0, 0.05) is 18.8 Å². The third kappa shape index (κ3) is 3.10. The molecule has 0 aliphatic carbocycles. The first-order valence-electron chi connectivity index (χ1n) is 6.36. The fraction of sp³-hybridized carbons (Fsp3) is 0.462. The molecule has 21 heavy (non-hydrogen) atoms. The Balaban J connectivity index is 2.37. The maximum Gasteiger partial charge on any atom is 0.340 e. The van der Waals surface area contributed by atoms with Crippen LogP contribution in [0.15, 0.2) is 12.1 Å². The summed E-state index contributed by atoms with van der Waals surface area (Å²) in [6.45, 7) is 0. The van der Waals surface area contributed by atoms with E-state index in [1.807, 2.05) is 0 Å². The fourth-order valence-electron chi connectivity index (χ4n) is 2.41. The molecule has 1 aliphatic rings. The molecular weight excluding hydrogens is 299 g/mol. The Morgan fingerprint density at radius 3 is 2.67 bits per heavy atom. The number of carbonyl (C=O) groups is 1. The molecule has 1 fully saturated rings. The minimum Gasteiger partial charge on any atom is -0.465 e. The van der Waals surface area contributed by atoms with Crippen molar-refractivity contribution in [3.63, 3.8) is 0 Å². The molecule has 1 unspecified atom stereocenters. The Morgan fingerprint density at radius 1 is 1.48 bits per heavy atom. The van der Waals surface area contributed by atoms with E-state index in [1.54, 1.807) is 7.05 Å². The van der Waals surface area contributed by atoms with Crippen LogP contribution in [0.4, 0.5) is 15.8 Å². The molecule has 6 nitrogen and oxygen atoms in total. The number of halogens is 1. The maximum atomic E-state index is 14.1. The molecule has 1 aromatic carbocycles. The Hall–Kier alpha value is -1.83. The van der Waals surface area contributed by atoms with Crippen LogP contribution in [-0.4, -0.2) is 46.1 Å². The number of hydrogen-bond donors (Lipinski definition) is 1. The van der Waals surface area contributed by atoms with Gasteiger partial charge in [0.1, 0.15) is 5.82 Å². The van der Waals surface area contributed by atoms with Crippen LogP contribution in [0.5, 0.6) is 0 Å². The first-order valence-corrected chi connectivity index (χ1v) is 8.18. The van der Waals surface area contributed by atoms with E-state index in [4.69, 9.17) is 5.73 Å². The second-order valence-corrected chi connectivity index (χ2v) is 7.28. The second kappa shape index (κ2) is 5.51. The fourth-order valence-corrected chi connectivity index (χ4v) is 4.19. The van der Waals surface area contributed by atoms with Crippen LogP contribution < -0.4 is 10.6 Å². The van der Waals surface area contributed by atoms with Crippen LogP contribution in [0.3, 0.4) is 0 Å². The highest BCUT2D eigenvalue weighted by atomic mass is 32.2. The average molecular weight is 316 g/mol. The third-order valence-electron chi connectivity index (χ3n) is 3.66. The average Bonchev–Trinajstić information content (AvgIpc) is 2.77. The van der Waals surface area contributed by atoms with E-state index in [-0.39, 0.29) is 34.5 Å². The zero-order valence-corrected chi connectivity index (χ0v) is 12.6. The van der Waals surface area contributed by atoms with Crippen molar-refractivity contribution in [1.82, 2.24) is 0 Å². The van der Waals surface area contributed by atoms with Crippen molar-refractivity contribution >= 4 is 27.2 Å². The monoisotopic (exact) mass is 316 g/mol. The van der Waals surface area contributed by atoms with Gasteiger partial charge < -0.3 is 15.4 Å². The lowest BCUT2D eigenvalue weighted by molar-refractivity contribution is 0.0602. The van der Waals surface area contributed by atoms with Gasteiger partial charge >= 0.3 is 5.97 Å². The Morgan fingerprint density at radius 2 is 2.14 bits per heavy atom. The third-order valence-corrected chi connectivity index (χ3v) is 5.41. The molecule has 1 heterocycles. The minimum absolute atomic E-state index is 0.0180. The van der Waals surface area contributed by atoms with Gasteiger partial charge in [0.2, 0.25) is 0 Å². The normalized spacial score (nSPS) is 20.2. The predicted octanol–water partition coefficient (Wildman–Crippen LogP) is 0.818. The first-order chi connectivity index (χ1) is 9.75. The minimum atomic E-state index is -3.08. The molecule has 0 saturated carbocycles. The smallest absolute Gasteiger partial charge is 0.340 e. The summed E-state index contributed by atoms with van der Waals surface area (Å²) in [7, 11) is -0.276. The van der Waals surface area contributed by atoms with Gasteiger partial charge in [0.05, 0.1) is 29.9 Å². The first kappa shape index (κ1) is 15.6. The van der Waals surface area contributed by atoms with E-state index >= 15 is 0 Å². The molecule has 1 aliphatic heterocycles. The van der Waals surface area contributed by atoms with Gasteiger partial charge in [-0.3, -0.25) is 0 Å². The van der Waals surface area contributed by atoms with E-state index in [1.165, 1.54) is 18.1 Å². The Kier molecular flexibility index (Phi) is 4.08. The van der Waals surface area contributed by atoms with Gasteiger partial charge in [0.15, 0.2) is 9.84 Å². The highest BCUT2D eigenvalue weighted by Gasteiger charge is 2.32. The summed E-state index contributed by atoms with van der Waals surface area (Å²) in [5, 5.41) is 0. The Labute approximate surface area is 122 Å². The number of nitrogens with two attached hydrogens (primary N) is 1. The number of esters is 1. The highest BCUT2D eigenvalue weighted by molar-refractivity contribution is 7.91. The molecule has 0 amide bonds. The number of sulfone groups is 1. The summed E-state index contributed by atoms with van der Waals surface area (Å²) in [6, 6.07) is 2.02. The number of hydrogen-bond acceptors (Lipinski definition) is 6. The molecule has 0 bridgehead atoms. The number of ether oxygens (including phenoxy) is 1. The molecule has 2 N–H and O–H groups in total. The van der Waals surface area contributed by atoms with Gasteiger partial charge in [0.25, 0.3) is 0 Å². The van der Waals surface area contributed by atoms with Gasteiger partial charge in [-0.05, 0) is 18.6 Å². The molecule has 0 spiro atoms. The molecule has 2 rings (SSSR count). The van der Waals surface area contributed by atoms with Crippen molar-refractivity contribution in [2.75, 3.05) is 36.3 Å². The second-order valence-electron chi connectivity index (χ2n) is 5.05. The largest absolute Gasteiger partial charge is 0.465 e. The van der Waals surface area contributed by atoms with Gasteiger partial charge in [-0.15, -0.1) is 0 Å². The van der Waals surface area contributed by atoms with E-state index in [2.05, 4.69) is 4.74 Å². The number of nitrogens with zero attached hydrogens (tertiary/aromatic N) is 1. The summed E-state index contributed by atoms with van der Waals surface area (Å²) in [5.41, 5.74) is 5.78. The topological polar surface area (TPSA) is 89.7 Å². The van der Waals surface area contributed by atoms with Crippen molar-refractivity contribution in [3.05, 3.63) is 23.5 Å². The summed E-state index contributed by atoms with van der Waals surface area (Å²) in [5.74, 6) is -1.21. The summed E-state index contributed by atoms with van der Waals surface area (Å²) >= 11 is 0. The molecule has 1 atom stereocenters. The number of methoxy groups -OCH3 is 1. The summed E-state index contributed by atoms with van der Waals surface area (Å²) in [4.78, 5) is 13.1. The zero-order chi connectivity index (χ0) is 15.8. The molecule has 1 saturated heterocycles. The molecular formula is C13H17FN2O4S. The van der Waals surface area contributed by atoms with Crippen LogP contribution in [0.2, 0.25) is 0 Å². The highest BCUT2D eigenvalue weighted by Crippen LogP contribution is 2.29. The van der Waals surface area contributed by atoms with E-state index in [0.717, 1.165) is 6.07 Å². The van der Waals surface area contributed by atoms with Crippen molar-refractivity contribution in [1.29, 1.82) is 0 Å². The van der Waals surface area contributed by atoms with Gasteiger partial charge in [-0.1, -0.05) is 0 Å². The van der Waals surface area contributed by atoms with Crippen LogP contribution in [0, 0.1) is 5.82 Å². The van der Waals surface area contributed by atoms with E-state index < -0.39 is 21.6 Å². The summed E-state index contributed by atoms with van der Waals surface area (Å²) < 4.78 is 41.7. The predicted molar refractivity (Wildman–Crippen MR) is 77.6 cm³/mol. The number of rotatable bonds is 3. The molecule has 1 aromatic rings. The maximum absolute atomic E-state index is 14.1. The molecule has 0 radical (unpaired) electrons. The number of nitrogen functional groups attached to an aromatic ring is 1. The van der Waals surface area contributed by atoms with E-state index in [9.17, 15) is 17.6 Å².